The first-order valence-corrected chi connectivity index (χ1v) is 9.92. The van der Waals surface area contributed by atoms with E-state index < -0.39 is 0 Å². The summed E-state index contributed by atoms with van der Waals surface area (Å²) < 4.78 is 0. The molecular weight excluding hydrogens is 396 g/mol. The Morgan fingerprint density at radius 1 is 0.469 bits per heavy atom. The number of nitrogen functional groups attached to an aromatic ring is 2. The molecule has 6 N–H and O–H groups in total. The van der Waals surface area contributed by atoms with Crippen molar-refractivity contribution < 1.29 is 10.2 Å². The molecule has 0 aliphatic heterocycles. The Bertz CT molecular complexity index is 1290. The van der Waals surface area contributed by atoms with Crippen LogP contribution in [0, 0.1) is 23.7 Å². The first-order valence-electron chi connectivity index (χ1n) is 9.92. The monoisotopic (exact) mass is 416 g/mol. The smallest absolute Gasteiger partial charge is 0.139 e. The summed E-state index contributed by atoms with van der Waals surface area (Å²) in [7, 11) is 0. The molecule has 0 unspecified atom stereocenters. The van der Waals surface area contributed by atoms with Crippen LogP contribution in [0.3, 0.4) is 0 Å². The highest BCUT2D eigenvalue weighted by Crippen LogP contribution is 2.38. The van der Waals surface area contributed by atoms with Crippen LogP contribution in [-0.2, 0) is 0 Å². The predicted molar refractivity (Wildman–Crippen MR) is 129 cm³/mol. The largest absolute Gasteiger partial charge is 0.506 e. The Morgan fingerprint density at radius 2 is 0.844 bits per heavy atom. The van der Waals surface area contributed by atoms with Gasteiger partial charge in [0.2, 0.25) is 0 Å². The number of hydrogen-bond donors (Lipinski definition) is 4. The van der Waals surface area contributed by atoms with E-state index in [-0.39, 0.29) is 22.9 Å². The molecule has 0 bridgehead atoms. The number of anilines is 2. The molecule has 0 aromatic heterocycles. The van der Waals surface area contributed by atoms with Crippen LogP contribution in [0.25, 0.3) is 11.1 Å². The van der Waals surface area contributed by atoms with E-state index in [1.165, 1.54) is 12.1 Å². The molecule has 0 aliphatic rings. The Balaban J connectivity index is 1.92. The van der Waals surface area contributed by atoms with Gasteiger partial charge in [0.25, 0.3) is 0 Å². The summed E-state index contributed by atoms with van der Waals surface area (Å²) in [6.45, 7) is 0. The fourth-order valence-corrected chi connectivity index (χ4v) is 3.25. The third-order valence-electron chi connectivity index (χ3n) is 4.95. The minimum absolute atomic E-state index is 0.0604. The van der Waals surface area contributed by atoms with Crippen molar-refractivity contribution in [2.75, 3.05) is 11.5 Å². The number of hydrogen-bond acceptors (Lipinski definition) is 4. The number of phenolic OH excluding ortho intramolecular Hbond substituents is 2. The van der Waals surface area contributed by atoms with Gasteiger partial charge in [0.1, 0.15) is 11.5 Å². The molecule has 4 nitrogen and oxygen atoms in total. The van der Waals surface area contributed by atoms with Gasteiger partial charge in [0, 0.05) is 22.3 Å². The van der Waals surface area contributed by atoms with Gasteiger partial charge in [0.15, 0.2) is 0 Å². The maximum absolute atomic E-state index is 10.2. The van der Waals surface area contributed by atoms with E-state index >= 15 is 0 Å². The van der Waals surface area contributed by atoms with Gasteiger partial charge in [-0.15, -0.1) is 0 Å². The van der Waals surface area contributed by atoms with Gasteiger partial charge >= 0.3 is 0 Å². The number of aromatic hydroxyl groups is 2. The molecule has 4 rings (SSSR count). The van der Waals surface area contributed by atoms with Gasteiger partial charge in [-0.3, -0.25) is 0 Å². The Hall–Kier alpha value is -4.80. The van der Waals surface area contributed by atoms with Gasteiger partial charge in [-0.05, 0) is 48.5 Å². The van der Waals surface area contributed by atoms with Crippen molar-refractivity contribution in [2.24, 2.45) is 0 Å². The van der Waals surface area contributed by atoms with Gasteiger partial charge < -0.3 is 21.7 Å². The second-order valence-corrected chi connectivity index (χ2v) is 7.07. The fraction of sp³-hybridized carbons (Fsp3) is 0. The zero-order chi connectivity index (χ0) is 22.5. The number of nitrogens with two attached hydrogens (primary N) is 2. The summed E-state index contributed by atoms with van der Waals surface area (Å²) in [4.78, 5) is 0. The maximum atomic E-state index is 10.2. The molecule has 0 saturated carbocycles. The standard InChI is InChI=1S/C28H20N2O2/c29-27-23(13-11-19-7-3-1-4-8-19)21(15-17-25(27)31)22-16-18-26(32)28(30)24(22)14-12-20-9-5-2-6-10-20/h1-10,15-18,31-32H,29-30H2. The molecule has 4 aromatic rings. The first kappa shape index (κ1) is 20.5. The molecule has 0 spiro atoms. The van der Waals surface area contributed by atoms with E-state index in [0.29, 0.717) is 22.3 Å². The van der Waals surface area contributed by atoms with Crippen molar-refractivity contribution in [3.05, 3.63) is 107 Å². The highest BCUT2D eigenvalue weighted by Gasteiger charge is 2.16. The molecule has 154 valence electrons. The van der Waals surface area contributed by atoms with Crippen LogP contribution in [0.5, 0.6) is 11.5 Å². The maximum Gasteiger partial charge on any atom is 0.139 e. The van der Waals surface area contributed by atoms with Crippen LogP contribution in [0.4, 0.5) is 11.4 Å². The third-order valence-corrected chi connectivity index (χ3v) is 4.95. The van der Waals surface area contributed by atoms with Gasteiger partial charge in [-0.2, -0.15) is 0 Å². The summed E-state index contributed by atoms with van der Waals surface area (Å²) in [5.74, 6) is 12.2. The minimum atomic E-state index is -0.0604. The van der Waals surface area contributed by atoms with E-state index in [1.54, 1.807) is 12.1 Å². The van der Waals surface area contributed by atoms with E-state index in [2.05, 4.69) is 23.7 Å². The lowest BCUT2D eigenvalue weighted by Crippen LogP contribution is -1.99. The summed E-state index contributed by atoms with van der Waals surface area (Å²) in [6.07, 6.45) is 0. The first-order chi connectivity index (χ1) is 15.5. The van der Waals surface area contributed by atoms with Crippen LogP contribution in [0.1, 0.15) is 22.3 Å². The molecule has 0 saturated heterocycles. The van der Waals surface area contributed by atoms with E-state index in [9.17, 15) is 10.2 Å². The van der Waals surface area contributed by atoms with Crippen LogP contribution in [-0.4, -0.2) is 10.2 Å². The van der Waals surface area contributed by atoms with Crippen molar-refractivity contribution in [2.45, 2.75) is 0 Å². The second-order valence-electron chi connectivity index (χ2n) is 7.07. The lowest BCUT2D eigenvalue weighted by Gasteiger charge is -2.13. The van der Waals surface area contributed by atoms with Gasteiger partial charge in [0.05, 0.1) is 22.5 Å². The van der Waals surface area contributed by atoms with Crippen LogP contribution >= 0.6 is 0 Å². The Morgan fingerprint density at radius 3 is 1.22 bits per heavy atom. The molecule has 0 radical (unpaired) electrons. The average Bonchev–Trinajstić information content (AvgIpc) is 2.82. The Labute approximate surface area is 186 Å². The SMILES string of the molecule is Nc1c(O)ccc(-c2ccc(O)c(N)c2C#Cc2ccccc2)c1C#Cc1ccccc1. The topological polar surface area (TPSA) is 92.5 Å². The number of benzene rings is 4. The molecule has 0 atom stereocenters. The Kier molecular flexibility index (Phi) is 5.70. The lowest BCUT2D eigenvalue weighted by molar-refractivity contribution is 0.477. The van der Waals surface area contributed by atoms with Crippen LogP contribution < -0.4 is 11.5 Å². The van der Waals surface area contributed by atoms with Crippen molar-refractivity contribution in [1.82, 2.24) is 0 Å². The summed E-state index contributed by atoms with van der Waals surface area (Å²) in [5.41, 5.74) is 16.6. The summed E-state index contributed by atoms with van der Waals surface area (Å²) in [5, 5.41) is 20.4. The highest BCUT2D eigenvalue weighted by atomic mass is 16.3. The number of rotatable bonds is 1. The molecule has 4 aromatic carbocycles. The van der Waals surface area contributed by atoms with Crippen molar-refractivity contribution >= 4 is 11.4 Å². The molecule has 32 heavy (non-hydrogen) atoms. The van der Waals surface area contributed by atoms with Crippen molar-refractivity contribution in [3.8, 4) is 46.3 Å². The van der Waals surface area contributed by atoms with Crippen molar-refractivity contribution in [3.63, 3.8) is 0 Å². The average molecular weight is 416 g/mol. The molecule has 0 aliphatic carbocycles. The van der Waals surface area contributed by atoms with E-state index in [0.717, 1.165) is 11.1 Å². The van der Waals surface area contributed by atoms with Gasteiger partial charge in [-0.25, -0.2) is 0 Å². The zero-order valence-corrected chi connectivity index (χ0v) is 17.1. The van der Waals surface area contributed by atoms with E-state index in [1.807, 2.05) is 60.7 Å². The quantitative estimate of drug-likeness (QED) is 0.205. The minimum Gasteiger partial charge on any atom is -0.506 e. The number of phenols is 2. The predicted octanol–water partition coefficient (Wildman–Crippen LogP) is 4.73. The zero-order valence-electron chi connectivity index (χ0n) is 17.1. The fourth-order valence-electron chi connectivity index (χ4n) is 3.25. The van der Waals surface area contributed by atoms with Gasteiger partial charge in [-0.1, -0.05) is 60.1 Å². The summed E-state index contributed by atoms with van der Waals surface area (Å²) >= 11 is 0. The summed E-state index contributed by atoms with van der Waals surface area (Å²) in [6, 6.07) is 25.4. The second kappa shape index (κ2) is 8.92. The normalized spacial score (nSPS) is 9.88. The van der Waals surface area contributed by atoms with Crippen molar-refractivity contribution in [1.29, 1.82) is 0 Å². The molecule has 0 heterocycles. The third kappa shape index (κ3) is 4.21. The molecule has 0 fully saturated rings. The van der Waals surface area contributed by atoms with E-state index in [4.69, 9.17) is 11.5 Å². The molecular formula is C28H20N2O2. The lowest BCUT2D eigenvalue weighted by atomic mass is 9.92. The van der Waals surface area contributed by atoms with Crippen LogP contribution in [0.15, 0.2) is 84.9 Å². The highest BCUT2D eigenvalue weighted by molar-refractivity contribution is 5.88. The van der Waals surface area contributed by atoms with Crippen LogP contribution in [0.2, 0.25) is 0 Å². The molecule has 0 amide bonds. The molecule has 4 heteroatoms.